The fourth-order valence-corrected chi connectivity index (χ4v) is 3.35. The first-order valence-electron chi connectivity index (χ1n) is 6.55. The maximum absolute atomic E-state index is 11.7. The van der Waals surface area contributed by atoms with Crippen LogP contribution in [0, 0.1) is 6.92 Å². The van der Waals surface area contributed by atoms with Gasteiger partial charge in [-0.15, -0.1) is 10.2 Å². The van der Waals surface area contributed by atoms with Gasteiger partial charge in [0.05, 0.1) is 11.9 Å². The Hall–Kier alpha value is -1.44. The van der Waals surface area contributed by atoms with Gasteiger partial charge in [-0.2, -0.15) is 0 Å². The summed E-state index contributed by atoms with van der Waals surface area (Å²) < 4.78 is 0.785. The van der Waals surface area contributed by atoms with Crippen LogP contribution >= 0.6 is 23.1 Å². The fourth-order valence-electron chi connectivity index (χ4n) is 1.71. The van der Waals surface area contributed by atoms with Crippen LogP contribution in [0.15, 0.2) is 34.7 Å². The number of hydrogen-bond donors (Lipinski definition) is 2. The van der Waals surface area contributed by atoms with E-state index in [0.29, 0.717) is 6.42 Å². The van der Waals surface area contributed by atoms with Crippen LogP contribution < -0.4 is 5.32 Å². The van der Waals surface area contributed by atoms with Gasteiger partial charge in [-0.3, -0.25) is 4.79 Å². The van der Waals surface area contributed by atoms with E-state index in [0.717, 1.165) is 14.9 Å². The van der Waals surface area contributed by atoms with E-state index in [9.17, 15) is 9.90 Å². The molecule has 0 spiro atoms. The minimum absolute atomic E-state index is 0.111. The van der Waals surface area contributed by atoms with Crippen molar-refractivity contribution in [1.29, 1.82) is 0 Å². The predicted molar refractivity (Wildman–Crippen MR) is 84.5 cm³/mol. The molecule has 1 atom stereocenters. The average Bonchev–Trinajstić information content (AvgIpc) is 2.90. The number of amides is 1. The lowest BCUT2D eigenvalue weighted by Gasteiger charge is -2.11. The summed E-state index contributed by atoms with van der Waals surface area (Å²) in [4.78, 5) is 11.7. The lowest BCUT2D eigenvalue weighted by Crippen LogP contribution is -2.34. The first-order valence-corrected chi connectivity index (χ1v) is 8.35. The second-order valence-electron chi connectivity index (χ2n) is 4.52. The normalized spacial score (nSPS) is 12.1. The Morgan fingerprint density at radius 1 is 1.38 bits per heavy atom. The molecule has 2 rings (SSSR count). The molecule has 0 unspecified atom stereocenters. The van der Waals surface area contributed by atoms with E-state index in [1.165, 1.54) is 23.1 Å². The summed E-state index contributed by atoms with van der Waals surface area (Å²) in [7, 11) is 0. The molecule has 0 saturated carbocycles. The van der Waals surface area contributed by atoms with Gasteiger partial charge in [-0.1, -0.05) is 53.4 Å². The molecule has 2 aromatic rings. The van der Waals surface area contributed by atoms with Gasteiger partial charge in [0.2, 0.25) is 5.91 Å². The maximum atomic E-state index is 11.7. The smallest absolute Gasteiger partial charge is 0.230 e. The van der Waals surface area contributed by atoms with Crippen LogP contribution in [0.25, 0.3) is 0 Å². The van der Waals surface area contributed by atoms with Gasteiger partial charge in [0.25, 0.3) is 0 Å². The van der Waals surface area contributed by atoms with Crippen molar-refractivity contribution >= 4 is 29.0 Å². The van der Waals surface area contributed by atoms with E-state index in [4.69, 9.17) is 0 Å². The van der Waals surface area contributed by atoms with Crippen molar-refractivity contribution in [2.24, 2.45) is 0 Å². The SMILES string of the molecule is Cc1nnc(SCC(=O)NC[C@@H](O)Cc2ccccc2)s1. The highest BCUT2D eigenvalue weighted by atomic mass is 32.2. The molecule has 0 bridgehead atoms. The highest BCUT2D eigenvalue weighted by molar-refractivity contribution is 8.01. The molecular formula is C14H17N3O2S2. The number of nitrogens with one attached hydrogen (secondary N) is 1. The molecular weight excluding hydrogens is 306 g/mol. The lowest BCUT2D eigenvalue weighted by molar-refractivity contribution is -0.119. The number of carbonyl (C=O) groups is 1. The maximum Gasteiger partial charge on any atom is 0.230 e. The Morgan fingerprint density at radius 3 is 2.81 bits per heavy atom. The molecule has 2 N–H and O–H groups in total. The summed E-state index contributed by atoms with van der Waals surface area (Å²) in [6.45, 7) is 2.13. The van der Waals surface area contributed by atoms with E-state index in [-0.39, 0.29) is 18.2 Å². The van der Waals surface area contributed by atoms with Gasteiger partial charge in [-0.05, 0) is 12.5 Å². The summed E-state index contributed by atoms with van der Waals surface area (Å²) in [5, 5.41) is 21.3. The van der Waals surface area contributed by atoms with Crippen LogP contribution in [-0.4, -0.2) is 39.6 Å². The Kier molecular flexibility index (Phi) is 6.16. The Bertz CT molecular complexity index is 575. The largest absolute Gasteiger partial charge is 0.391 e. The van der Waals surface area contributed by atoms with Crippen LogP contribution in [0.4, 0.5) is 0 Å². The van der Waals surface area contributed by atoms with E-state index >= 15 is 0 Å². The number of carbonyl (C=O) groups excluding carboxylic acids is 1. The van der Waals surface area contributed by atoms with Crippen LogP contribution in [0.3, 0.4) is 0 Å². The number of thioether (sulfide) groups is 1. The minimum Gasteiger partial charge on any atom is -0.391 e. The van der Waals surface area contributed by atoms with Gasteiger partial charge >= 0.3 is 0 Å². The second-order valence-corrected chi connectivity index (χ2v) is 6.93. The topological polar surface area (TPSA) is 75.1 Å². The second kappa shape index (κ2) is 8.11. The van der Waals surface area contributed by atoms with Gasteiger partial charge in [0.15, 0.2) is 4.34 Å². The van der Waals surface area contributed by atoms with Crippen molar-refractivity contribution < 1.29 is 9.90 Å². The van der Waals surface area contributed by atoms with Gasteiger partial charge in [-0.25, -0.2) is 0 Å². The average molecular weight is 323 g/mol. The molecule has 0 saturated heterocycles. The van der Waals surface area contributed by atoms with Crippen LogP contribution in [-0.2, 0) is 11.2 Å². The molecule has 1 aromatic heterocycles. The molecule has 0 aliphatic heterocycles. The van der Waals surface area contributed by atoms with Crippen molar-refractivity contribution in [3.05, 3.63) is 40.9 Å². The van der Waals surface area contributed by atoms with Crippen molar-refractivity contribution in [2.75, 3.05) is 12.3 Å². The first-order chi connectivity index (χ1) is 10.1. The van der Waals surface area contributed by atoms with Crippen molar-refractivity contribution in [3.8, 4) is 0 Å². The third-order valence-electron chi connectivity index (χ3n) is 2.68. The van der Waals surface area contributed by atoms with E-state index in [1.54, 1.807) is 0 Å². The Morgan fingerprint density at radius 2 is 2.14 bits per heavy atom. The molecule has 0 fully saturated rings. The van der Waals surface area contributed by atoms with E-state index in [1.807, 2.05) is 37.3 Å². The Labute approximate surface area is 131 Å². The number of aliphatic hydroxyl groups is 1. The summed E-state index contributed by atoms with van der Waals surface area (Å²) in [5.74, 6) is 0.173. The van der Waals surface area contributed by atoms with Crippen molar-refractivity contribution in [1.82, 2.24) is 15.5 Å². The van der Waals surface area contributed by atoms with Crippen LogP contribution in [0.2, 0.25) is 0 Å². The van der Waals surface area contributed by atoms with Crippen molar-refractivity contribution in [2.45, 2.75) is 23.8 Å². The van der Waals surface area contributed by atoms with Crippen LogP contribution in [0.5, 0.6) is 0 Å². The van der Waals surface area contributed by atoms with Crippen LogP contribution in [0.1, 0.15) is 10.6 Å². The number of hydrogen-bond acceptors (Lipinski definition) is 6. The quantitative estimate of drug-likeness (QED) is 0.758. The predicted octanol–water partition coefficient (Wildman–Crippen LogP) is 1.66. The molecule has 21 heavy (non-hydrogen) atoms. The summed E-state index contributed by atoms with van der Waals surface area (Å²) in [6, 6.07) is 9.71. The standard InChI is InChI=1S/C14H17N3O2S2/c1-10-16-17-14(21-10)20-9-13(19)15-8-12(18)7-11-5-3-2-4-6-11/h2-6,12,18H,7-9H2,1H3,(H,15,19)/t12-/m0/s1. The molecule has 0 aliphatic rings. The van der Waals surface area contributed by atoms with E-state index < -0.39 is 6.10 Å². The molecule has 1 aromatic carbocycles. The summed E-state index contributed by atoms with van der Waals surface area (Å²) in [6.07, 6.45) is -0.0470. The number of aliphatic hydroxyl groups excluding tert-OH is 1. The minimum atomic E-state index is -0.579. The van der Waals surface area contributed by atoms with Gasteiger partial charge in [0.1, 0.15) is 5.01 Å². The zero-order valence-corrected chi connectivity index (χ0v) is 13.3. The molecule has 1 heterocycles. The number of rotatable bonds is 7. The van der Waals surface area contributed by atoms with Gasteiger partial charge in [0, 0.05) is 13.0 Å². The summed E-state index contributed by atoms with van der Waals surface area (Å²) >= 11 is 2.82. The first kappa shape index (κ1) is 15.9. The highest BCUT2D eigenvalue weighted by Gasteiger charge is 2.09. The monoisotopic (exact) mass is 323 g/mol. The molecule has 7 heteroatoms. The lowest BCUT2D eigenvalue weighted by atomic mass is 10.1. The number of nitrogens with zero attached hydrogens (tertiary/aromatic N) is 2. The third-order valence-corrected chi connectivity index (χ3v) is 4.66. The zero-order chi connectivity index (χ0) is 15.1. The van der Waals surface area contributed by atoms with E-state index in [2.05, 4.69) is 15.5 Å². The third kappa shape index (κ3) is 5.82. The summed E-state index contributed by atoms with van der Waals surface area (Å²) in [5.41, 5.74) is 1.05. The number of aromatic nitrogens is 2. The zero-order valence-electron chi connectivity index (χ0n) is 11.7. The molecule has 0 aliphatic carbocycles. The van der Waals surface area contributed by atoms with Gasteiger partial charge < -0.3 is 10.4 Å². The molecule has 0 radical (unpaired) electrons. The van der Waals surface area contributed by atoms with Crippen molar-refractivity contribution in [3.63, 3.8) is 0 Å². The number of benzene rings is 1. The highest BCUT2D eigenvalue weighted by Crippen LogP contribution is 2.21. The molecule has 1 amide bonds. The number of aryl methyl sites for hydroxylation is 1. The molecule has 5 nitrogen and oxygen atoms in total. The molecule has 112 valence electrons. The Balaban J connectivity index is 1.66. The fraction of sp³-hybridized carbons (Fsp3) is 0.357.